The van der Waals surface area contributed by atoms with Crippen molar-refractivity contribution in [1.82, 2.24) is 0 Å². The third-order valence-electron chi connectivity index (χ3n) is 2.00. The SMILES string of the molecule is Cl.Cl.O=[P]=O.c1ccccc1.c1ccccc1.c1ccccc1. The van der Waals surface area contributed by atoms with Crippen LogP contribution in [0.1, 0.15) is 0 Å². The summed E-state index contributed by atoms with van der Waals surface area (Å²) >= 11 is 0. The Morgan fingerprint density at radius 3 is 0.391 bits per heavy atom. The van der Waals surface area contributed by atoms with Crippen LogP contribution < -0.4 is 0 Å². The Bertz CT molecular complexity index is 391. The van der Waals surface area contributed by atoms with Gasteiger partial charge in [0, 0.05) is 0 Å². The van der Waals surface area contributed by atoms with Crippen LogP contribution in [-0.2, 0) is 9.13 Å². The van der Waals surface area contributed by atoms with Gasteiger partial charge in [-0.15, -0.1) is 24.8 Å². The molecule has 0 amide bonds. The minimum absolute atomic E-state index is 0. The number of hydrogen-bond acceptors (Lipinski definition) is 2. The van der Waals surface area contributed by atoms with E-state index < -0.39 is 8.34 Å². The number of halogens is 2. The van der Waals surface area contributed by atoms with Crippen molar-refractivity contribution in [3.8, 4) is 0 Å². The van der Waals surface area contributed by atoms with Crippen LogP contribution in [0.5, 0.6) is 0 Å². The molecule has 0 unspecified atom stereocenters. The third kappa shape index (κ3) is 25.6. The monoisotopic (exact) mass is 369 g/mol. The fourth-order valence-corrected chi connectivity index (χ4v) is 1.15. The first-order valence-corrected chi connectivity index (χ1v) is 7.10. The first kappa shape index (κ1) is 26.2. The van der Waals surface area contributed by atoms with Crippen molar-refractivity contribution in [3.05, 3.63) is 109 Å². The van der Waals surface area contributed by atoms with Crippen molar-refractivity contribution in [3.63, 3.8) is 0 Å². The zero-order valence-electron chi connectivity index (χ0n) is 12.5. The minimum Gasteiger partial charge on any atom is -0.0623 e. The van der Waals surface area contributed by atoms with Crippen LogP contribution in [0.15, 0.2) is 109 Å². The minimum atomic E-state index is -1.08. The molecule has 0 aromatic heterocycles. The predicted molar refractivity (Wildman–Crippen MR) is 102 cm³/mol. The number of rotatable bonds is 0. The predicted octanol–water partition coefficient (Wildman–Crippen LogP) is 6.53. The van der Waals surface area contributed by atoms with Crippen LogP contribution in [0.2, 0.25) is 0 Å². The van der Waals surface area contributed by atoms with E-state index in [0.717, 1.165) is 0 Å². The molecule has 0 saturated carbocycles. The number of benzene rings is 3. The summed E-state index contributed by atoms with van der Waals surface area (Å²) in [6.07, 6.45) is 0. The molecule has 0 spiro atoms. The van der Waals surface area contributed by atoms with E-state index in [9.17, 15) is 0 Å². The first-order valence-electron chi connectivity index (χ1n) is 6.37. The molecule has 5 heteroatoms. The summed E-state index contributed by atoms with van der Waals surface area (Å²) in [6.45, 7) is 0. The van der Waals surface area contributed by atoms with Gasteiger partial charge in [0.25, 0.3) is 0 Å². The van der Waals surface area contributed by atoms with Gasteiger partial charge in [0.15, 0.2) is 0 Å². The van der Waals surface area contributed by atoms with Crippen molar-refractivity contribution in [2.75, 3.05) is 0 Å². The van der Waals surface area contributed by atoms with Crippen molar-refractivity contribution in [2.45, 2.75) is 0 Å². The maximum atomic E-state index is 8.35. The molecule has 0 bridgehead atoms. The Morgan fingerprint density at radius 1 is 0.304 bits per heavy atom. The molecule has 123 valence electrons. The van der Waals surface area contributed by atoms with E-state index in [0.29, 0.717) is 0 Å². The van der Waals surface area contributed by atoms with E-state index in [1.54, 1.807) is 0 Å². The van der Waals surface area contributed by atoms with E-state index in [1.165, 1.54) is 0 Å². The van der Waals surface area contributed by atoms with E-state index in [4.69, 9.17) is 9.13 Å². The van der Waals surface area contributed by atoms with Crippen molar-refractivity contribution in [1.29, 1.82) is 0 Å². The largest absolute Gasteiger partial charge is 0.0623 e. The van der Waals surface area contributed by atoms with Gasteiger partial charge in [-0.1, -0.05) is 109 Å². The fourth-order valence-electron chi connectivity index (χ4n) is 1.15. The molecule has 3 aromatic carbocycles. The molecule has 0 N–H and O–H groups in total. The van der Waals surface area contributed by atoms with E-state index >= 15 is 0 Å². The summed E-state index contributed by atoms with van der Waals surface area (Å²) in [5.74, 6) is 0. The smallest absolute Gasteiger partial charge is 0.0623 e. The van der Waals surface area contributed by atoms with Gasteiger partial charge in [0.05, 0.1) is 0 Å². The maximum Gasteiger partial charge on any atom is -0.0623 e. The molecular weight excluding hydrogens is 350 g/mol. The quantitative estimate of drug-likeness (QED) is 0.422. The van der Waals surface area contributed by atoms with Gasteiger partial charge >= 0.3 is 17.5 Å². The Morgan fingerprint density at radius 2 is 0.348 bits per heavy atom. The Labute approximate surface area is 151 Å². The Kier molecular flexibility index (Phi) is 28.7. The zero-order valence-corrected chi connectivity index (χ0v) is 15.0. The first-order chi connectivity index (χ1) is 10.4. The molecule has 0 fully saturated rings. The molecule has 0 saturated heterocycles. The van der Waals surface area contributed by atoms with Crippen LogP contribution in [0.4, 0.5) is 0 Å². The fraction of sp³-hybridized carbons (Fsp3) is 0. The van der Waals surface area contributed by atoms with E-state index in [2.05, 4.69) is 0 Å². The molecule has 23 heavy (non-hydrogen) atoms. The second kappa shape index (κ2) is 25.2. The summed E-state index contributed by atoms with van der Waals surface area (Å²) in [5.41, 5.74) is 0. The molecule has 0 atom stereocenters. The molecule has 1 radical (unpaired) electrons. The van der Waals surface area contributed by atoms with Gasteiger partial charge in [-0.25, -0.2) is 0 Å². The summed E-state index contributed by atoms with van der Waals surface area (Å²) in [6, 6.07) is 36.0. The third-order valence-corrected chi connectivity index (χ3v) is 2.00. The van der Waals surface area contributed by atoms with Crippen molar-refractivity contribution < 1.29 is 9.13 Å². The second-order valence-corrected chi connectivity index (χ2v) is 3.69. The Hall–Kier alpha value is -1.73. The van der Waals surface area contributed by atoms with Crippen LogP contribution in [0, 0.1) is 0 Å². The standard InChI is InChI=1S/3C6H6.2ClH.O2P/c3*1-2-4-6-5-3-1;;;1-3-2/h3*1-6H;2*1H;. The van der Waals surface area contributed by atoms with E-state index in [-0.39, 0.29) is 24.8 Å². The van der Waals surface area contributed by atoms with Crippen molar-refractivity contribution in [2.24, 2.45) is 0 Å². The average molecular weight is 370 g/mol. The van der Waals surface area contributed by atoms with Crippen LogP contribution in [0.3, 0.4) is 0 Å². The molecule has 0 aliphatic heterocycles. The normalized spacial score (nSPS) is 6.61. The van der Waals surface area contributed by atoms with Gasteiger partial charge in [-0.2, -0.15) is 0 Å². The molecule has 3 rings (SSSR count). The molecule has 0 aliphatic carbocycles. The molecule has 0 aliphatic rings. The van der Waals surface area contributed by atoms with Crippen LogP contribution >= 0.6 is 33.2 Å². The second-order valence-electron chi connectivity index (χ2n) is 3.54. The van der Waals surface area contributed by atoms with Gasteiger partial charge in [-0.05, 0) is 0 Å². The maximum absolute atomic E-state index is 8.35. The summed E-state index contributed by atoms with van der Waals surface area (Å²) in [5, 5.41) is 0. The van der Waals surface area contributed by atoms with E-state index in [1.807, 2.05) is 109 Å². The molecular formula is C18H20Cl2O2P. The Balaban J connectivity index is -0.000000232. The van der Waals surface area contributed by atoms with Crippen LogP contribution in [-0.4, -0.2) is 0 Å². The van der Waals surface area contributed by atoms with Gasteiger partial charge in [-0.3, -0.25) is 0 Å². The summed E-state index contributed by atoms with van der Waals surface area (Å²) in [4.78, 5) is 0. The molecule has 0 heterocycles. The molecule has 2 nitrogen and oxygen atoms in total. The number of hydrogen-bond donors (Lipinski definition) is 0. The van der Waals surface area contributed by atoms with Gasteiger partial charge < -0.3 is 0 Å². The van der Waals surface area contributed by atoms with Crippen LogP contribution in [0.25, 0.3) is 0 Å². The summed E-state index contributed by atoms with van der Waals surface area (Å²) in [7, 11) is -1.08. The van der Waals surface area contributed by atoms with Gasteiger partial charge in [0.2, 0.25) is 0 Å². The average Bonchev–Trinajstić information content (AvgIpc) is 2.61. The topological polar surface area (TPSA) is 34.1 Å². The van der Waals surface area contributed by atoms with Crippen molar-refractivity contribution >= 4 is 33.2 Å². The summed E-state index contributed by atoms with van der Waals surface area (Å²) < 4.78 is 16.7. The zero-order chi connectivity index (χ0) is 15.4. The molecule has 3 aromatic rings. The van der Waals surface area contributed by atoms with Gasteiger partial charge in [0.1, 0.15) is 0 Å².